The molecule has 0 unspecified atom stereocenters. The summed E-state index contributed by atoms with van der Waals surface area (Å²) in [6.07, 6.45) is 1.06. The Labute approximate surface area is 211 Å². The van der Waals surface area contributed by atoms with Crippen LogP contribution in [0.5, 0.6) is 5.75 Å². The van der Waals surface area contributed by atoms with Gasteiger partial charge in [-0.05, 0) is 34.4 Å². The van der Waals surface area contributed by atoms with E-state index in [9.17, 15) is 29.0 Å². The average molecular weight is 499 g/mol. The van der Waals surface area contributed by atoms with Crippen LogP contribution in [-0.2, 0) is 13.1 Å². The highest BCUT2D eigenvalue weighted by molar-refractivity contribution is 5.97. The largest absolute Gasteiger partial charge is 0.502 e. The van der Waals surface area contributed by atoms with Crippen LogP contribution in [0, 0.1) is 5.82 Å². The third kappa shape index (κ3) is 4.66. The second kappa shape index (κ2) is 9.62. The van der Waals surface area contributed by atoms with Crippen molar-refractivity contribution in [3.63, 3.8) is 0 Å². The van der Waals surface area contributed by atoms with Crippen LogP contribution in [0.3, 0.4) is 0 Å². The normalized spacial score (nSPS) is 12.9. The zero-order valence-corrected chi connectivity index (χ0v) is 19.5. The Morgan fingerprint density at radius 2 is 1.43 bits per heavy atom. The van der Waals surface area contributed by atoms with Crippen molar-refractivity contribution in [1.82, 2.24) is 9.58 Å². The molecule has 1 aliphatic rings. The van der Waals surface area contributed by atoms with E-state index in [-0.39, 0.29) is 25.5 Å². The third-order valence-electron chi connectivity index (χ3n) is 6.24. The number of aromatic hydroxyl groups is 1. The van der Waals surface area contributed by atoms with E-state index in [0.717, 1.165) is 22.9 Å². The second-order valence-corrected chi connectivity index (χ2v) is 8.72. The third-order valence-corrected chi connectivity index (χ3v) is 6.24. The van der Waals surface area contributed by atoms with Crippen molar-refractivity contribution in [2.24, 2.45) is 0 Å². The monoisotopic (exact) mass is 499 g/mol. The lowest BCUT2D eigenvalue weighted by atomic mass is 10.0. The van der Waals surface area contributed by atoms with E-state index in [0.29, 0.717) is 5.56 Å². The van der Waals surface area contributed by atoms with Gasteiger partial charge in [-0.1, -0.05) is 66.7 Å². The SMILES string of the molecule is O=C(O)c1cn2c(c(O)c1=O)C(=O)N(Cc1ccc(F)cc1)CN2Cc1ccc(-c2ccccc2)cc1. The number of nitrogens with zero attached hydrogens (tertiary/aromatic N) is 3. The van der Waals surface area contributed by atoms with Gasteiger partial charge in [0.25, 0.3) is 5.91 Å². The predicted octanol–water partition coefficient (Wildman–Crippen LogP) is 3.81. The minimum Gasteiger partial charge on any atom is -0.502 e. The van der Waals surface area contributed by atoms with Crippen LogP contribution in [0.4, 0.5) is 4.39 Å². The molecular weight excluding hydrogens is 477 g/mol. The summed E-state index contributed by atoms with van der Waals surface area (Å²) in [7, 11) is 0. The van der Waals surface area contributed by atoms with E-state index in [1.54, 1.807) is 17.1 Å². The smallest absolute Gasteiger partial charge is 0.341 e. The van der Waals surface area contributed by atoms with Gasteiger partial charge in [-0.15, -0.1) is 0 Å². The zero-order chi connectivity index (χ0) is 26.1. The number of pyridine rings is 1. The minimum atomic E-state index is -1.51. The molecule has 0 atom stereocenters. The summed E-state index contributed by atoms with van der Waals surface area (Å²) < 4.78 is 14.6. The summed E-state index contributed by atoms with van der Waals surface area (Å²) in [5.41, 5.74) is 1.47. The highest BCUT2D eigenvalue weighted by atomic mass is 19.1. The van der Waals surface area contributed by atoms with Gasteiger partial charge in [0.1, 0.15) is 18.0 Å². The molecule has 186 valence electrons. The van der Waals surface area contributed by atoms with Crippen LogP contribution in [0.1, 0.15) is 32.0 Å². The number of carbonyl (C=O) groups excluding carboxylic acids is 1. The van der Waals surface area contributed by atoms with Crippen molar-refractivity contribution >= 4 is 11.9 Å². The molecule has 5 rings (SSSR count). The van der Waals surface area contributed by atoms with Crippen molar-refractivity contribution in [2.75, 3.05) is 11.7 Å². The molecule has 2 heterocycles. The fraction of sp³-hybridized carbons (Fsp3) is 0.107. The van der Waals surface area contributed by atoms with Crippen LogP contribution in [-0.4, -0.2) is 38.3 Å². The van der Waals surface area contributed by atoms with Crippen LogP contribution >= 0.6 is 0 Å². The van der Waals surface area contributed by atoms with E-state index in [1.807, 2.05) is 54.6 Å². The molecule has 2 N–H and O–H groups in total. The number of aromatic nitrogens is 1. The number of hydrogen-bond acceptors (Lipinski definition) is 5. The molecule has 9 heteroatoms. The Bertz CT molecular complexity index is 1530. The van der Waals surface area contributed by atoms with Gasteiger partial charge in [0.15, 0.2) is 11.4 Å². The quantitative estimate of drug-likeness (QED) is 0.418. The van der Waals surface area contributed by atoms with Crippen molar-refractivity contribution in [2.45, 2.75) is 13.1 Å². The highest BCUT2D eigenvalue weighted by Gasteiger charge is 2.34. The summed E-state index contributed by atoms with van der Waals surface area (Å²) >= 11 is 0. The fourth-order valence-corrected chi connectivity index (χ4v) is 4.35. The topological polar surface area (TPSA) is 103 Å². The van der Waals surface area contributed by atoms with Crippen molar-refractivity contribution in [3.05, 3.63) is 123 Å². The molecule has 0 aliphatic carbocycles. The number of rotatable bonds is 6. The number of carbonyl (C=O) groups is 2. The molecule has 0 bridgehead atoms. The number of aromatic carboxylic acids is 1. The maximum Gasteiger partial charge on any atom is 0.341 e. The number of amides is 1. The van der Waals surface area contributed by atoms with Gasteiger partial charge in [-0.3, -0.25) is 19.3 Å². The van der Waals surface area contributed by atoms with Crippen LogP contribution < -0.4 is 10.4 Å². The van der Waals surface area contributed by atoms with Crippen molar-refractivity contribution < 1.29 is 24.2 Å². The first-order chi connectivity index (χ1) is 17.8. The van der Waals surface area contributed by atoms with Crippen molar-refractivity contribution in [3.8, 4) is 16.9 Å². The molecule has 4 aromatic rings. The molecular formula is C28H22FN3O5. The maximum absolute atomic E-state index is 13.4. The lowest BCUT2D eigenvalue weighted by Gasteiger charge is -2.40. The average Bonchev–Trinajstić information content (AvgIpc) is 2.90. The zero-order valence-electron chi connectivity index (χ0n) is 19.5. The predicted molar refractivity (Wildman–Crippen MR) is 134 cm³/mol. The lowest BCUT2D eigenvalue weighted by molar-refractivity contribution is 0.0654. The van der Waals surface area contributed by atoms with Crippen molar-refractivity contribution in [1.29, 1.82) is 0 Å². The number of carboxylic acids is 1. The van der Waals surface area contributed by atoms with E-state index in [4.69, 9.17) is 0 Å². The molecule has 1 aromatic heterocycles. The number of hydrogen-bond donors (Lipinski definition) is 2. The van der Waals surface area contributed by atoms with Gasteiger partial charge in [-0.2, -0.15) is 0 Å². The number of benzene rings is 3. The van der Waals surface area contributed by atoms with Gasteiger partial charge in [-0.25, -0.2) is 9.18 Å². The summed E-state index contributed by atoms with van der Waals surface area (Å²) in [5, 5.41) is 21.7. The Balaban J connectivity index is 1.52. The second-order valence-electron chi connectivity index (χ2n) is 8.72. The Morgan fingerprint density at radius 3 is 2.08 bits per heavy atom. The highest BCUT2D eigenvalue weighted by Crippen LogP contribution is 2.25. The first-order valence-electron chi connectivity index (χ1n) is 11.5. The van der Waals surface area contributed by atoms with Gasteiger partial charge >= 0.3 is 5.97 Å². The molecule has 0 spiro atoms. The van der Waals surface area contributed by atoms with Crippen LogP contribution in [0.15, 0.2) is 89.9 Å². The van der Waals surface area contributed by atoms with Crippen LogP contribution in [0.25, 0.3) is 11.1 Å². The number of carboxylic acid groups (broad SMARTS) is 1. The first kappa shape index (κ1) is 23.8. The molecule has 8 nitrogen and oxygen atoms in total. The van der Waals surface area contributed by atoms with Crippen LogP contribution in [0.2, 0.25) is 0 Å². The Kier molecular flexibility index (Phi) is 6.19. The van der Waals surface area contributed by atoms with Gasteiger partial charge < -0.3 is 15.1 Å². The summed E-state index contributed by atoms with van der Waals surface area (Å²) in [4.78, 5) is 38.8. The summed E-state index contributed by atoms with van der Waals surface area (Å²) in [6, 6.07) is 23.3. The van der Waals surface area contributed by atoms with Gasteiger partial charge in [0, 0.05) is 12.7 Å². The molecule has 0 saturated carbocycles. The molecule has 1 amide bonds. The first-order valence-corrected chi connectivity index (χ1v) is 11.5. The lowest BCUT2D eigenvalue weighted by Crippen LogP contribution is -2.53. The molecule has 1 aliphatic heterocycles. The van der Waals surface area contributed by atoms with E-state index in [1.165, 1.54) is 21.7 Å². The van der Waals surface area contributed by atoms with Gasteiger partial charge in [0.05, 0.1) is 6.54 Å². The number of fused-ring (bicyclic) bond motifs is 1. The minimum absolute atomic E-state index is 0.0328. The summed E-state index contributed by atoms with van der Waals surface area (Å²) in [6.45, 7) is 0.374. The molecule has 0 radical (unpaired) electrons. The molecule has 0 saturated heterocycles. The standard InChI is InChI=1S/C28H22FN3O5/c29-22-12-8-18(9-13-22)14-30-17-31(15-19-6-10-21(11-7-19)20-4-2-1-3-5-20)32-16-23(28(36)37)25(33)26(34)24(32)27(30)35/h1-13,16,34H,14-15,17H2,(H,36,37). The Morgan fingerprint density at radius 1 is 0.838 bits per heavy atom. The van der Waals surface area contributed by atoms with E-state index < -0.39 is 34.4 Å². The molecule has 3 aromatic carbocycles. The fourth-order valence-electron chi connectivity index (χ4n) is 4.35. The maximum atomic E-state index is 13.4. The number of halogens is 1. The van der Waals surface area contributed by atoms with E-state index in [2.05, 4.69) is 0 Å². The Hall–Kier alpha value is -4.92. The molecule has 37 heavy (non-hydrogen) atoms. The molecule has 0 fully saturated rings. The van der Waals surface area contributed by atoms with E-state index >= 15 is 0 Å². The summed E-state index contributed by atoms with van der Waals surface area (Å²) in [5.74, 6) is -3.50. The van der Waals surface area contributed by atoms with Gasteiger partial charge in [0.2, 0.25) is 5.43 Å².